The molecule has 84 valence electrons. The van der Waals surface area contributed by atoms with E-state index in [9.17, 15) is 0 Å². The van der Waals surface area contributed by atoms with Gasteiger partial charge in [-0.15, -0.1) is 0 Å². The second-order valence-corrected chi connectivity index (χ2v) is 5.21. The van der Waals surface area contributed by atoms with Crippen molar-refractivity contribution in [2.75, 3.05) is 7.05 Å². The second kappa shape index (κ2) is 4.31. The highest BCUT2D eigenvalue weighted by Gasteiger charge is 2.26. The molecule has 0 aliphatic rings. The molecular formula is C13H22N2. The number of hydrogen-bond donors (Lipinski definition) is 1. The van der Waals surface area contributed by atoms with Gasteiger partial charge >= 0.3 is 0 Å². The maximum atomic E-state index is 4.52. The van der Waals surface area contributed by atoms with E-state index in [2.05, 4.69) is 50.1 Å². The van der Waals surface area contributed by atoms with Crippen LogP contribution in [-0.2, 0) is 0 Å². The van der Waals surface area contributed by atoms with Crippen LogP contribution in [0.25, 0.3) is 0 Å². The molecule has 1 heterocycles. The Hall–Kier alpha value is -0.890. The third kappa shape index (κ3) is 2.78. The summed E-state index contributed by atoms with van der Waals surface area (Å²) in [6.45, 7) is 10.8. The Bertz CT molecular complexity index is 337. The van der Waals surface area contributed by atoms with Crippen molar-refractivity contribution in [2.45, 2.75) is 40.7 Å². The van der Waals surface area contributed by atoms with Gasteiger partial charge in [-0.1, -0.05) is 26.8 Å². The Balaban J connectivity index is 3.13. The Morgan fingerprint density at radius 1 is 1.20 bits per heavy atom. The van der Waals surface area contributed by atoms with Gasteiger partial charge in [0.25, 0.3) is 0 Å². The van der Waals surface area contributed by atoms with Crippen molar-refractivity contribution in [3.8, 4) is 0 Å². The van der Waals surface area contributed by atoms with Crippen molar-refractivity contribution in [1.29, 1.82) is 0 Å². The molecule has 1 aromatic rings. The largest absolute Gasteiger partial charge is 0.312 e. The smallest absolute Gasteiger partial charge is 0.0423 e. The minimum absolute atomic E-state index is 0.205. The molecule has 15 heavy (non-hydrogen) atoms. The number of nitrogens with zero attached hydrogens (tertiary/aromatic N) is 1. The van der Waals surface area contributed by atoms with E-state index in [-0.39, 0.29) is 5.41 Å². The van der Waals surface area contributed by atoms with E-state index >= 15 is 0 Å². The van der Waals surface area contributed by atoms with Crippen LogP contribution in [-0.4, -0.2) is 12.0 Å². The van der Waals surface area contributed by atoms with Crippen LogP contribution in [0.1, 0.15) is 43.8 Å². The minimum atomic E-state index is 0.205. The summed E-state index contributed by atoms with van der Waals surface area (Å²) in [4.78, 5) is 4.52. The summed E-state index contributed by atoms with van der Waals surface area (Å²) < 4.78 is 0. The zero-order chi connectivity index (χ0) is 11.6. The highest BCUT2D eigenvalue weighted by atomic mass is 14.9. The van der Waals surface area contributed by atoms with Gasteiger partial charge in [0.1, 0.15) is 0 Å². The summed E-state index contributed by atoms with van der Waals surface area (Å²) in [6, 6.07) is 4.62. The highest BCUT2D eigenvalue weighted by molar-refractivity contribution is 5.26. The molecule has 0 saturated heterocycles. The lowest BCUT2D eigenvalue weighted by molar-refractivity contribution is 0.285. The van der Waals surface area contributed by atoms with Crippen molar-refractivity contribution in [3.63, 3.8) is 0 Å². The van der Waals surface area contributed by atoms with Gasteiger partial charge in [0, 0.05) is 17.4 Å². The molecule has 0 spiro atoms. The average Bonchev–Trinajstić information content (AvgIpc) is 2.07. The Kier molecular flexibility index (Phi) is 3.50. The maximum Gasteiger partial charge on any atom is 0.0423 e. The highest BCUT2D eigenvalue weighted by Crippen LogP contribution is 2.33. The molecule has 0 saturated carbocycles. The lowest BCUT2D eigenvalue weighted by Crippen LogP contribution is -2.30. The van der Waals surface area contributed by atoms with Gasteiger partial charge in [-0.3, -0.25) is 4.98 Å². The first-order chi connectivity index (χ1) is 6.86. The van der Waals surface area contributed by atoms with Crippen LogP contribution >= 0.6 is 0 Å². The van der Waals surface area contributed by atoms with E-state index in [1.165, 1.54) is 5.56 Å². The summed E-state index contributed by atoms with van der Waals surface area (Å²) in [5, 5.41) is 3.38. The van der Waals surface area contributed by atoms with E-state index in [1.54, 1.807) is 0 Å². The van der Waals surface area contributed by atoms with Crippen LogP contribution in [0.5, 0.6) is 0 Å². The fourth-order valence-corrected chi connectivity index (χ4v) is 2.06. The predicted octanol–water partition coefficient (Wildman–Crippen LogP) is 3.01. The monoisotopic (exact) mass is 206 g/mol. The number of nitrogens with one attached hydrogen (secondary N) is 1. The third-order valence-electron chi connectivity index (χ3n) is 2.73. The summed E-state index contributed by atoms with van der Waals surface area (Å²) in [5.41, 5.74) is 3.72. The zero-order valence-electron chi connectivity index (χ0n) is 10.7. The van der Waals surface area contributed by atoms with E-state index in [4.69, 9.17) is 0 Å². The topological polar surface area (TPSA) is 24.9 Å². The lowest BCUT2D eigenvalue weighted by Gasteiger charge is -2.31. The quantitative estimate of drug-likeness (QED) is 0.804. The van der Waals surface area contributed by atoms with Crippen LogP contribution in [0.2, 0.25) is 0 Å². The molecule has 0 aliphatic carbocycles. The summed E-state index contributed by atoms with van der Waals surface area (Å²) >= 11 is 0. The average molecular weight is 206 g/mol. The van der Waals surface area contributed by atoms with Gasteiger partial charge in [0.15, 0.2) is 0 Å². The molecule has 0 amide bonds. The molecule has 0 fully saturated rings. The number of rotatable bonds is 2. The van der Waals surface area contributed by atoms with Crippen molar-refractivity contribution < 1.29 is 0 Å². The van der Waals surface area contributed by atoms with Gasteiger partial charge < -0.3 is 5.32 Å². The van der Waals surface area contributed by atoms with Crippen LogP contribution < -0.4 is 5.32 Å². The predicted molar refractivity (Wildman–Crippen MR) is 65.0 cm³/mol. The van der Waals surface area contributed by atoms with E-state index in [1.807, 2.05) is 14.0 Å². The van der Waals surface area contributed by atoms with Gasteiger partial charge in [-0.2, -0.15) is 0 Å². The summed E-state index contributed by atoms with van der Waals surface area (Å²) in [5.74, 6) is 0. The molecule has 0 aliphatic heterocycles. The van der Waals surface area contributed by atoms with Crippen molar-refractivity contribution in [2.24, 2.45) is 5.41 Å². The first kappa shape index (κ1) is 12.2. The Labute approximate surface area is 93.1 Å². The maximum absolute atomic E-state index is 4.52. The normalized spacial score (nSPS) is 14.0. The standard InChI is InChI=1S/C13H22N2/c1-9-7-8-11(10(2)15-9)12(14-6)13(3,4)5/h7-8,12,14H,1-6H3. The van der Waals surface area contributed by atoms with Crippen LogP contribution in [0, 0.1) is 19.3 Å². The number of aromatic nitrogens is 1. The van der Waals surface area contributed by atoms with Crippen molar-refractivity contribution in [3.05, 3.63) is 29.1 Å². The minimum Gasteiger partial charge on any atom is -0.312 e. The Morgan fingerprint density at radius 3 is 2.20 bits per heavy atom. The van der Waals surface area contributed by atoms with Gasteiger partial charge in [-0.25, -0.2) is 0 Å². The number of aryl methyl sites for hydroxylation is 2. The van der Waals surface area contributed by atoms with E-state index in [0.29, 0.717) is 6.04 Å². The lowest BCUT2D eigenvalue weighted by atomic mass is 9.82. The number of pyridine rings is 1. The van der Waals surface area contributed by atoms with Crippen LogP contribution in [0.3, 0.4) is 0 Å². The fraction of sp³-hybridized carbons (Fsp3) is 0.615. The molecule has 1 unspecified atom stereocenters. The van der Waals surface area contributed by atoms with Gasteiger partial charge in [0.2, 0.25) is 0 Å². The van der Waals surface area contributed by atoms with Gasteiger partial charge in [-0.05, 0) is 37.9 Å². The SMILES string of the molecule is CNC(c1ccc(C)nc1C)C(C)(C)C. The molecule has 2 heteroatoms. The molecule has 0 aromatic carbocycles. The first-order valence-electron chi connectivity index (χ1n) is 5.47. The molecule has 1 rings (SSSR count). The van der Waals surface area contributed by atoms with Crippen molar-refractivity contribution in [1.82, 2.24) is 10.3 Å². The summed E-state index contributed by atoms with van der Waals surface area (Å²) in [7, 11) is 2.01. The second-order valence-electron chi connectivity index (χ2n) is 5.21. The molecular weight excluding hydrogens is 184 g/mol. The van der Waals surface area contributed by atoms with E-state index < -0.39 is 0 Å². The van der Waals surface area contributed by atoms with E-state index in [0.717, 1.165) is 11.4 Å². The molecule has 0 radical (unpaired) electrons. The molecule has 1 N–H and O–H groups in total. The third-order valence-corrected chi connectivity index (χ3v) is 2.73. The molecule has 1 aromatic heterocycles. The van der Waals surface area contributed by atoms with Gasteiger partial charge in [0.05, 0.1) is 0 Å². The molecule has 2 nitrogen and oxygen atoms in total. The summed E-state index contributed by atoms with van der Waals surface area (Å²) in [6.07, 6.45) is 0. The molecule has 1 atom stereocenters. The fourth-order valence-electron chi connectivity index (χ4n) is 2.06. The Morgan fingerprint density at radius 2 is 1.80 bits per heavy atom. The first-order valence-corrected chi connectivity index (χ1v) is 5.47. The van der Waals surface area contributed by atoms with Crippen LogP contribution in [0.15, 0.2) is 12.1 Å². The van der Waals surface area contributed by atoms with Crippen molar-refractivity contribution >= 4 is 0 Å². The molecule has 0 bridgehead atoms. The number of hydrogen-bond acceptors (Lipinski definition) is 2. The zero-order valence-corrected chi connectivity index (χ0v) is 10.7. The van der Waals surface area contributed by atoms with Crippen LogP contribution in [0.4, 0.5) is 0 Å².